The molecule has 1 fully saturated rings. The Balaban J connectivity index is 1.48. The number of amides is 3. The number of nitrogens with zero attached hydrogens (tertiary/aromatic N) is 1. The maximum absolute atomic E-state index is 14.2. The third kappa shape index (κ3) is 6.45. The lowest BCUT2D eigenvalue weighted by Gasteiger charge is -2.18. The van der Waals surface area contributed by atoms with Gasteiger partial charge < -0.3 is 21.5 Å². The van der Waals surface area contributed by atoms with E-state index in [1.54, 1.807) is 24.3 Å². The van der Waals surface area contributed by atoms with E-state index in [4.69, 9.17) is 22.4 Å². The summed E-state index contributed by atoms with van der Waals surface area (Å²) in [6.07, 6.45) is 3.46. The number of nitrogens with two attached hydrogens (primary N) is 1. The number of nitrogens with one attached hydrogen (secondary N) is 2. The molecule has 0 saturated heterocycles. The SMILES string of the molecule is NC(=O)n1cc(CC(=O)N[C@@H](CC2CC2)C(=O)NCc2cccc(Cl)c2F)c2ccc(CC(=O)O)cc21. The summed E-state index contributed by atoms with van der Waals surface area (Å²) < 4.78 is 15.3. The van der Waals surface area contributed by atoms with Gasteiger partial charge in [-0.2, -0.15) is 0 Å². The van der Waals surface area contributed by atoms with E-state index < -0.39 is 35.7 Å². The van der Waals surface area contributed by atoms with Crippen LogP contribution in [0.25, 0.3) is 10.9 Å². The van der Waals surface area contributed by atoms with Crippen molar-refractivity contribution >= 4 is 46.3 Å². The zero-order valence-corrected chi connectivity index (χ0v) is 20.6. The second kappa shape index (κ2) is 11.0. The maximum Gasteiger partial charge on any atom is 0.323 e. The van der Waals surface area contributed by atoms with Gasteiger partial charge in [-0.15, -0.1) is 0 Å². The van der Waals surface area contributed by atoms with Gasteiger partial charge in [0.05, 0.1) is 23.4 Å². The molecule has 4 rings (SSSR count). The van der Waals surface area contributed by atoms with E-state index >= 15 is 0 Å². The topological polar surface area (TPSA) is 144 Å². The van der Waals surface area contributed by atoms with Gasteiger partial charge in [-0.1, -0.05) is 48.7 Å². The van der Waals surface area contributed by atoms with E-state index in [2.05, 4.69) is 10.6 Å². The summed E-state index contributed by atoms with van der Waals surface area (Å²) in [7, 11) is 0. The number of halogens is 2. The summed E-state index contributed by atoms with van der Waals surface area (Å²) in [4.78, 5) is 48.9. The predicted octanol–water partition coefficient (Wildman–Crippen LogP) is 3.13. The number of benzene rings is 2. The summed E-state index contributed by atoms with van der Waals surface area (Å²) >= 11 is 5.81. The molecule has 1 atom stereocenters. The number of carbonyl (C=O) groups excluding carboxylic acids is 3. The van der Waals surface area contributed by atoms with Gasteiger partial charge in [0.1, 0.15) is 11.9 Å². The van der Waals surface area contributed by atoms with Crippen molar-refractivity contribution in [1.29, 1.82) is 0 Å². The molecule has 1 aliphatic carbocycles. The minimum absolute atomic E-state index is 0.0419. The van der Waals surface area contributed by atoms with Gasteiger partial charge in [0, 0.05) is 23.7 Å². The lowest BCUT2D eigenvalue weighted by Crippen LogP contribution is -2.47. The van der Waals surface area contributed by atoms with Crippen molar-refractivity contribution in [2.75, 3.05) is 0 Å². The highest BCUT2D eigenvalue weighted by Crippen LogP contribution is 2.33. The molecule has 0 spiro atoms. The smallest absolute Gasteiger partial charge is 0.323 e. The van der Waals surface area contributed by atoms with Crippen LogP contribution >= 0.6 is 11.6 Å². The first-order valence-corrected chi connectivity index (χ1v) is 12.1. The Hall–Kier alpha value is -3.92. The lowest BCUT2D eigenvalue weighted by molar-refractivity contribution is -0.136. The standard InChI is InChI=1S/C26H26ClFN4O5/c27-19-3-1-2-16(24(19)28)12-30-25(36)20(8-14-4-5-14)31-22(33)11-17-13-32(26(29)37)21-9-15(10-23(34)35)6-7-18(17)21/h1-3,6-7,9,13-14,20H,4-5,8,10-12H2,(H2,29,37)(H,30,36)(H,31,33)(H,34,35)/t20-/m0/s1. The number of aliphatic carboxylic acids is 1. The Morgan fingerprint density at radius 3 is 2.57 bits per heavy atom. The molecule has 194 valence electrons. The first-order valence-electron chi connectivity index (χ1n) is 11.8. The zero-order valence-electron chi connectivity index (χ0n) is 19.8. The van der Waals surface area contributed by atoms with Gasteiger partial charge in [-0.25, -0.2) is 9.18 Å². The summed E-state index contributed by atoms with van der Waals surface area (Å²) in [5.41, 5.74) is 7.09. The van der Waals surface area contributed by atoms with Crippen LogP contribution in [-0.4, -0.2) is 39.5 Å². The van der Waals surface area contributed by atoms with E-state index in [1.165, 1.54) is 18.3 Å². The summed E-state index contributed by atoms with van der Waals surface area (Å²) in [6, 6.07) is 7.74. The first-order chi connectivity index (χ1) is 17.6. The zero-order chi connectivity index (χ0) is 26.7. The molecule has 1 aromatic heterocycles. The predicted molar refractivity (Wildman–Crippen MR) is 134 cm³/mol. The highest BCUT2D eigenvalue weighted by Gasteiger charge is 2.30. The molecule has 1 aliphatic rings. The minimum atomic E-state index is -1.02. The molecule has 0 aliphatic heterocycles. The number of aromatic nitrogens is 1. The number of fused-ring (bicyclic) bond motifs is 1. The monoisotopic (exact) mass is 528 g/mol. The van der Waals surface area contributed by atoms with E-state index in [0.717, 1.165) is 17.4 Å². The number of carboxylic acid groups (broad SMARTS) is 1. The van der Waals surface area contributed by atoms with Gasteiger partial charge in [0.25, 0.3) is 0 Å². The largest absolute Gasteiger partial charge is 0.481 e. The Labute approximate surface area is 216 Å². The molecule has 1 saturated carbocycles. The summed E-state index contributed by atoms with van der Waals surface area (Å²) in [5, 5.41) is 15.0. The Bertz CT molecular complexity index is 1380. The molecule has 0 radical (unpaired) electrons. The number of hydrogen-bond acceptors (Lipinski definition) is 4. The van der Waals surface area contributed by atoms with Gasteiger partial charge in [0.15, 0.2) is 0 Å². The van der Waals surface area contributed by atoms with E-state index in [9.17, 15) is 23.6 Å². The van der Waals surface area contributed by atoms with Crippen LogP contribution in [-0.2, 0) is 33.8 Å². The van der Waals surface area contributed by atoms with Crippen molar-refractivity contribution in [2.45, 2.75) is 44.7 Å². The number of hydrogen-bond donors (Lipinski definition) is 4. The van der Waals surface area contributed by atoms with Crippen molar-refractivity contribution in [3.8, 4) is 0 Å². The van der Waals surface area contributed by atoms with Crippen LogP contribution in [0.3, 0.4) is 0 Å². The highest BCUT2D eigenvalue weighted by molar-refractivity contribution is 6.30. The minimum Gasteiger partial charge on any atom is -0.481 e. The average Bonchev–Trinajstić information content (AvgIpc) is 3.58. The Kier molecular flexibility index (Phi) is 7.77. The number of rotatable bonds is 10. The molecule has 3 aromatic rings. The fourth-order valence-corrected chi connectivity index (χ4v) is 4.47. The molecular formula is C26H26ClFN4O5. The van der Waals surface area contributed by atoms with Gasteiger partial charge >= 0.3 is 12.0 Å². The van der Waals surface area contributed by atoms with Crippen LogP contribution < -0.4 is 16.4 Å². The van der Waals surface area contributed by atoms with Crippen LogP contribution in [0.5, 0.6) is 0 Å². The van der Waals surface area contributed by atoms with Crippen LogP contribution in [0.2, 0.25) is 5.02 Å². The fourth-order valence-electron chi connectivity index (χ4n) is 4.28. The molecule has 1 heterocycles. The molecule has 9 nitrogen and oxygen atoms in total. The second-order valence-electron chi connectivity index (χ2n) is 9.19. The fraction of sp³-hybridized carbons (Fsp3) is 0.308. The first kappa shape index (κ1) is 26.2. The van der Waals surface area contributed by atoms with Gasteiger partial charge in [-0.05, 0) is 35.6 Å². The molecular weight excluding hydrogens is 503 g/mol. The molecule has 3 amide bonds. The van der Waals surface area contributed by atoms with E-state index in [1.807, 2.05) is 0 Å². The number of carbonyl (C=O) groups is 4. The second-order valence-corrected chi connectivity index (χ2v) is 9.60. The van der Waals surface area contributed by atoms with E-state index in [0.29, 0.717) is 34.4 Å². The van der Waals surface area contributed by atoms with Gasteiger partial charge in [0.2, 0.25) is 11.8 Å². The Morgan fingerprint density at radius 2 is 1.89 bits per heavy atom. The van der Waals surface area contributed by atoms with Crippen LogP contribution in [0.15, 0.2) is 42.6 Å². The van der Waals surface area contributed by atoms with Crippen molar-refractivity contribution in [3.63, 3.8) is 0 Å². The van der Waals surface area contributed by atoms with Crippen molar-refractivity contribution < 1.29 is 28.7 Å². The van der Waals surface area contributed by atoms with Crippen LogP contribution in [0.1, 0.15) is 36.0 Å². The van der Waals surface area contributed by atoms with E-state index in [-0.39, 0.29) is 30.0 Å². The third-order valence-corrected chi connectivity index (χ3v) is 6.59. The number of primary amides is 1. The van der Waals surface area contributed by atoms with Crippen molar-refractivity contribution in [1.82, 2.24) is 15.2 Å². The lowest BCUT2D eigenvalue weighted by atomic mass is 10.1. The summed E-state index contributed by atoms with van der Waals surface area (Å²) in [5.74, 6) is -2.17. The normalized spacial score (nSPS) is 13.8. The molecule has 0 unspecified atom stereocenters. The maximum atomic E-state index is 14.2. The molecule has 2 aromatic carbocycles. The molecule has 0 bridgehead atoms. The van der Waals surface area contributed by atoms with Crippen molar-refractivity contribution in [2.24, 2.45) is 11.7 Å². The van der Waals surface area contributed by atoms with Gasteiger partial charge in [-0.3, -0.25) is 19.0 Å². The van der Waals surface area contributed by atoms with Crippen molar-refractivity contribution in [3.05, 3.63) is 70.1 Å². The molecule has 11 heteroatoms. The summed E-state index contributed by atoms with van der Waals surface area (Å²) in [6.45, 7) is -0.0763. The van der Waals surface area contributed by atoms with Crippen LogP contribution in [0.4, 0.5) is 9.18 Å². The quantitative estimate of drug-likeness (QED) is 0.319. The average molecular weight is 529 g/mol. The van der Waals surface area contributed by atoms with Crippen LogP contribution in [0, 0.1) is 11.7 Å². The molecule has 5 N–H and O–H groups in total. The highest BCUT2D eigenvalue weighted by atomic mass is 35.5. The molecule has 37 heavy (non-hydrogen) atoms. The number of carboxylic acids is 1. The third-order valence-electron chi connectivity index (χ3n) is 6.30. The Morgan fingerprint density at radius 1 is 1.14 bits per heavy atom.